The van der Waals surface area contributed by atoms with Gasteiger partial charge in [-0.1, -0.05) is 23.7 Å². The molecule has 2 aromatic carbocycles. The minimum absolute atomic E-state index is 0.0127. The molecule has 0 spiro atoms. The zero-order chi connectivity index (χ0) is 18.7. The Morgan fingerprint density at radius 1 is 1.27 bits per heavy atom. The first kappa shape index (κ1) is 18.3. The first-order valence-corrected chi connectivity index (χ1v) is 8.68. The summed E-state index contributed by atoms with van der Waals surface area (Å²) in [5.41, 5.74) is 1.61. The van der Waals surface area contributed by atoms with Crippen LogP contribution >= 0.6 is 23.8 Å². The van der Waals surface area contributed by atoms with Gasteiger partial charge in [-0.25, -0.2) is 4.39 Å². The number of carbonyl (C=O) groups is 1. The van der Waals surface area contributed by atoms with Crippen LogP contribution in [-0.2, 0) is 11.3 Å². The van der Waals surface area contributed by atoms with Gasteiger partial charge in [0.05, 0.1) is 6.04 Å². The summed E-state index contributed by atoms with van der Waals surface area (Å²) in [4.78, 5) is 12.4. The third-order valence-corrected chi connectivity index (χ3v) is 4.47. The standard InChI is InChI=1S/C18H16ClFN4OS/c1-11(12-4-8-15(20)9-5-12)21-16(25)10-24-17(22-23-18(24)26)13-2-6-14(19)7-3-13/h2-9,11H,10H2,1H3,(H,21,25)(H,23,26). The van der Waals surface area contributed by atoms with Crippen molar-refractivity contribution in [2.75, 3.05) is 0 Å². The average Bonchev–Trinajstić information content (AvgIpc) is 2.97. The van der Waals surface area contributed by atoms with Crippen LogP contribution in [0.4, 0.5) is 4.39 Å². The van der Waals surface area contributed by atoms with E-state index in [1.165, 1.54) is 12.1 Å². The van der Waals surface area contributed by atoms with Crippen molar-refractivity contribution in [1.29, 1.82) is 0 Å². The van der Waals surface area contributed by atoms with Gasteiger partial charge in [-0.15, -0.1) is 0 Å². The summed E-state index contributed by atoms with van der Waals surface area (Å²) >= 11 is 11.1. The summed E-state index contributed by atoms with van der Waals surface area (Å²) in [6.07, 6.45) is 0. The number of aromatic amines is 1. The van der Waals surface area contributed by atoms with E-state index in [1.54, 1.807) is 28.8 Å². The molecule has 0 aliphatic heterocycles. The molecule has 8 heteroatoms. The molecule has 26 heavy (non-hydrogen) atoms. The Kier molecular flexibility index (Phi) is 5.49. The molecule has 0 saturated heterocycles. The number of rotatable bonds is 5. The number of nitrogens with zero attached hydrogens (tertiary/aromatic N) is 2. The van der Waals surface area contributed by atoms with E-state index in [9.17, 15) is 9.18 Å². The minimum Gasteiger partial charge on any atom is -0.348 e. The normalized spacial score (nSPS) is 12.0. The SMILES string of the molecule is CC(NC(=O)Cn1c(-c2ccc(Cl)cc2)n[nH]c1=S)c1ccc(F)cc1. The van der Waals surface area contributed by atoms with Crippen molar-refractivity contribution in [3.05, 3.63) is 69.7 Å². The van der Waals surface area contributed by atoms with E-state index in [1.807, 2.05) is 19.1 Å². The third-order valence-electron chi connectivity index (χ3n) is 3.91. The topological polar surface area (TPSA) is 62.7 Å². The zero-order valence-corrected chi connectivity index (χ0v) is 15.4. The Hall–Kier alpha value is -2.51. The molecule has 1 heterocycles. The molecule has 5 nitrogen and oxygen atoms in total. The number of nitrogens with one attached hydrogen (secondary N) is 2. The predicted molar refractivity (Wildman–Crippen MR) is 101 cm³/mol. The minimum atomic E-state index is -0.315. The monoisotopic (exact) mass is 390 g/mol. The number of halogens is 2. The van der Waals surface area contributed by atoms with E-state index >= 15 is 0 Å². The largest absolute Gasteiger partial charge is 0.348 e. The number of hydrogen-bond donors (Lipinski definition) is 2. The number of aromatic nitrogens is 3. The highest BCUT2D eigenvalue weighted by molar-refractivity contribution is 7.71. The molecule has 1 atom stereocenters. The van der Waals surface area contributed by atoms with Gasteiger partial charge in [-0.3, -0.25) is 14.5 Å². The van der Waals surface area contributed by atoms with Gasteiger partial charge in [-0.05, 0) is 61.1 Å². The number of H-pyrrole nitrogens is 1. The van der Waals surface area contributed by atoms with Gasteiger partial charge in [0.25, 0.3) is 0 Å². The maximum atomic E-state index is 13.0. The summed E-state index contributed by atoms with van der Waals surface area (Å²) in [6, 6.07) is 12.9. The first-order chi connectivity index (χ1) is 12.4. The molecular weight excluding hydrogens is 375 g/mol. The van der Waals surface area contributed by atoms with Crippen LogP contribution in [0.5, 0.6) is 0 Å². The number of carbonyl (C=O) groups excluding carboxylic acids is 1. The van der Waals surface area contributed by atoms with Crippen molar-refractivity contribution in [2.24, 2.45) is 0 Å². The van der Waals surface area contributed by atoms with Crippen molar-refractivity contribution < 1.29 is 9.18 Å². The van der Waals surface area contributed by atoms with Gasteiger partial charge in [0.15, 0.2) is 10.6 Å². The van der Waals surface area contributed by atoms with Crippen LogP contribution in [0.3, 0.4) is 0 Å². The summed E-state index contributed by atoms with van der Waals surface area (Å²) in [6.45, 7) is 1.85. The molecule has 0 fully saturated rings. The molecule has 1 amide bonds. The molecule has 0 bridgehead atoms. The van der Waals surface area contributed by atoms with Crippen molar-refractivity contribution in [3.63, 3.8) is 0 Å². The zero-order valence-electron chi connectivity index (χ0n) is 13.9. The lowest BCUT2D eigenvalue weighted by Crippen LogP contribution is -2.30. The number of benzene rings is 2. The van der Waals surface area contributed by atoms with Crippen LogP contribution in [0.15, 0.2) is 48.5 Å². The molecule has 0 aliphatic rings. The first-order valence-electron chi connectivity index (χ1n) is 7.90. The quantitative estimate of drug-likeness (QED) is 0.639. The maximum Gasteiger partial charge on any atom is 0.240 e. The lowest BCUT2D eigenvalue weighted by Gasteiger charge is -2.15. The smallest absolute Gasteiger partial charge is 0.240 e. The average molecular weight is 391 g/mol. The molecule has 0 radical (unpaired) electrons. The molecule has 1 unspecified atom stereocenters. The fourth-order valence-corrected chi connectivity index (χ4v) is 2.87. The molecule has 1 aromatic heterocycles. The highest BCUT2D eigenvalue weighted by Gasteiger charge is 2.15. The lowest BCUT2D eigenvalue weighted by molar-refractivity contribution is -0.122. The Labute approximate surface area is 159 Å². The van der Waals surface area contributed by atoms with Crippen LogP contribution < -0.4 is 5.32 Å². The summed E-state index contributed by atoms with van der Waals surface area (Å²) in [5.74, 6) is 0.00961. The van der Waals surface area contributed by atoms with E-state index in [2.05, 4.69) is 15.5 Å². The Morgan fingerprint density at radius 2 is 1.92 bits per heavy atom. The second-order valence-electron chi connectivity index (χ2n) is 5.79. The van der Waals surface area contributed by atoms with Gasteiger partial charge >= 0.3 is 0 Å². The van der Waals surface area contributed by atoms with Crippen LogP contribution in [0.2, 0.25) is 5.02 Å². The number of hydrogen-bond acceptors (Lipinski definition) is 3. The molecule has 0 saturated carbocycles. The van der Waals surface area contributed by atoms with Crippen molar-refractivity contribution in [1.82, 2.24) is 20.1 Å². The Morgan fingerprint density at radius 3 is 2.58 bits per heavy atom. The van der Waals surface area contributed by atoms with Crippen molar-refractivity contribution in [2.45, 2.75) is 19.5 Å². The fraction of sp³-hybridized carbons (Fsp3) is 0.167. The van der Waals surface area contributed by atoms with Crippen LogP contribution in [-0.4, -0.2) is 20.7 Å². The molecule has 3 rings (SSSR count). The summed E-state index contributed by atoms with van der Waals surface area (Å²) in [5, 5.41) is 10.4. The second kappa shape index (κ2) is 7.80. The van der Waals surface area contributed by atoms with Crippen LogP contribution in [0.25, 0.3) is 11.4 Å². The van der Waals surface area contributed by atoms with E-state index in [0.717, 1.165) is 11.1 Å². The number of amides is 1. The van der Waals surface area contributed by atoms with Gasteiger partial charge in [-0.2, -0.15) is 5.10 Å². The maximum absolute atomic E-state index is 13.0. The van der Waals surface area contributed by atoms with Gasteiger partial charge in [0.2, 0.25) is 5.91 Å². The van der Waals surface area contributed by atoms with Gasteiger partial charge in [0.1, 0.15) is 12.4 Å². The molecule has 3 aromatic rings. The third kappa shape index (κ3) is 4.17. The van der Waals surface area contributed by atoms with Crippen LogP contribution in [0.1, 0.15) is 18.5 Å². The van der Waals surface area contributed by atoms with Crippen molar-refractivity contribution >= 4 is 29.7 Å². The highest BCUT2D eigenvalue weighted by atomic mass is 35.5. The van der Waals surface area contributed by atoms with E-state index in [4.69, 9.17) is 23.8 Å². The highest BCUT2D eigenvalue weighted by Crippen LogP contribution is 2.20. The molecule has 134 valence electrons. The van der Waals surface area contributed by atoms with Gasteiger partial charge in [0, 0.05) is 10.6 Å². The van der Waals surface area contributed by atoms with E-state index in [-0.39, 0.29) is 24.3 Å². The molecule has 0 aliphatic carbocycles. The fourth-order valence-electron chi connectivity index (χ4n) is 2.55. The summed E-state index contributed by atoms with van der Waals surface area (Å²) in [7, 11) is 0. The molecule has 2 N–H and O–H groups in total. The van der Waals surface area contributed by atoms with Gasteiger partial charge < -0.3 is 5.32 Å². The van der Waals surface area contributed by atoms with E-state index in [0.29, 0.717) is 15.6 Å². The molecular formula is C18H16ClFN4OS. The summed E-state index contributed by atoms with van der Waals surface area (Å²) < 4.78 is 15.0. The lowest BCUT2D eigenvalue weighted by atomic mass is 10.1. The second-order valence-corrected chi connectivity index (χ2v) is 6.61. The Balaban J connectivity index is 1.75. The van der Waals surface area contributed by atoms with Crippen LogP contribution in [0, 0.1) is 10.6 Å². The predicted octanol–water partition coefficient (Wildman–Crippen LogP) is 4.28. The Bertz CT molecular complexity index is 966. The van der Waals surface area contributed by atoms with Crippen molar-refractivity contribution in [3.8, 4) is 11.4 Å². The van der Waals surface area contributed by atoms with E-state index < -0.39 is 0 Å².